The Morgan fingerprint density at radius 1 is 0.718 bits per heavy atom. The molecule has 0 radical (unpaired) electrons. The first-order chi connectivity index (χ1) is 17.8. The van der Waals surface area contributed by atoms with Gasteiger partial charge in [0.05, 0.1) is 78.8 Å². The Morgan fingerprint density at radius 2 is 0.923 bits per heavy atom. The van der Waals surface area contributed by atoms with E-state index in [9.17, 15) is 9.90 Å². The van der Waals surface area contributed by atoms with Gasteiger partial charge in [-0.25, -0.2) is 9.36 Å². The van der Waals surface area contributed by atoms with Gasteiger partial charge in [0, 0.05) is 6.08 Å². The number of benzene rings is 1. The first-order valence-corrected chi connectivity index (χ1v) is 13.3. The number of halogens is 5. The Bertz CT molecular complexity index is 773. The van der Waals surface area contributed by atoms with E-state index in [2.05, 4.69) is 6.58 Å². The Labute approximate surface area is 248 Å². The third-order valence-corrected chi connectivity index (χ3v) is 6.45. The Hall–Kier alpha value is -0.490. The lowest BCUT2D eigenvalue weighted by Gasteiger charge is -2.31. The predicted molar refractivity (Wildman–Crippen MR) is 143 cm³/mol. The molecule has 1 aromatic carbocycles. The van der Waals surface area contributed by atoms with E-state index in [0.29, 0.717) is 0 Å². The molecule has 0 bridgehead atoms. The highest BCUT2D eigenvalue weighted by Gasteiger charge is 2.32. The molecule has 14 nitrogen and oxygen atoms in total. The number of carboxylic acid groups (broad SMARTS) is 1. The zero-order valence-electron chi connectivity index (χ0n) is 19.9. The molecule has 0 aliphatic carbocycles. The maximum atomic E-state index is 9.25. The molecule has 1 aromatic rings. The molecular weight excluding hydrogens is 660 g/mol. The number of aliphatic carboxylic acids is 1. The molecule has 1 rings (SSSR count). The molecule has 0 aromatic heterocycles. The standard InChI is InChI=1S/C10H22O7.C6HCl5O.C3H4O2.H3O4P/c11-1-9(2-12,3-13)7-17-8-10(4-14,5-15)6-16;7-1-2(8)4(10)6(12)5(11)3(1)9;1-2-3(4)5;1-5(2,3)4/h11-16H,1-8H2;12H;2H,1H2,(H,4,5);(H3,1,2,3,4). The van der Waals surface area contributed by atoms with Crippen LogP contribution in [0.25, 0.3) is 0 Å². The zero-order valence-corrected chi connectivity index (χ0v) is 24.6. The van der Waals surface area contributed by atoms with Crippen molar-refractivity contribution >= 4 is 71.8 Å². The molecule has 0 atom stereocenters. The molecule has 230 valence electrons. The van der Waals surface area contributed by atoms with E-state index >= 15 is 0 Å². The fraction of sp³-hybridized carbons (Fsp3) is 0.526. The number of phenols is 1. The Balaban J connectivity index is -0.000000507. The number of hydrogen-bond donors (Lipinski definition) is 11. The fourth-order valence-corrected chi connectivity index (χ4v) is 2.78. The second-order valence-electron chi connectivity index (χ2n) is 7.42. The monoisotopic (exact) mass is 688 g/mol. The number of phenolic OH excluding ortho intramolecular Hbond substituents is 1. The van der Waals surface area contributed by atoms with E-state index in [1.165, 1.54) is 0 Å². The average molecular weight is 691 g/mol. The van der Waals surface area contributed by atoms with E-state index < -0.39 is 64.3 Å². The van der Waals surface area contributed by atoms with Gasteiger partial charge in [-0.05, 0) is 0 Å². The van der Waals surface area contributed by atoms with Crippen molar-refractivity contribution in [3.63, 3.8) is 0 Å². The van der Waals surface area contributed by atoms with Crippen LogP contribution in [0.15, 0.2) is 12.7 Å². The largest absolute Gasteiger partial charge is 0.505 e. The summed E-state index contributed by atoms with van der Waals surface area (Å²) in [5.74, 6) is -1.34. The van der Waals surface area contributed by atoms with Gasteiger partial charge in [-0.15, -0.1) is 0 Å². The van der Waals surface area contributed by atoms with Gasteiger partial charge in [-0.2, -0.15) is 0 Å². The van der Waals surface area contributed by atoms with Gasteiger partial charge in [0.25, 0.3) is 0 Å². The van der Waals surface area contributed by atoms with Gasteiger partial charge in [-0.1, -0.05) is 64.6 Å². The number of carbonyl (C=O) groups is 1. The summed E-state index contributed by atoms with van der Waals surface area (Å²) in [6.07, 6.45) is 0.833. The van der Waals surface area contributed by atoms with Crippen molar-refractivity contribution in [3.05, 3.63) is 37.8 Å². The van der Waals surface area contributed by atoms with Gasteiger partial charge >= 0.3 is 13.8 Å². The van der Waals surface area contributed by atoms with Gasteiger partial charge in [0.1, 0.15) is 10.0 Å². The summed E-state index contributed by atoms with van der Waals surface area (Å²) in [5.41, 5.74) is -2.32. The van der Waals surface area contributed by atoms with E-state index in [0.717, 1.165) is 6.08 Å². The highest BCUT2D eigenvalue weighted by Crippen LogP contribution is 2.47. The van der Waals surface area contributed by atoms with Crippen LogP contribution in [-0.4, -0.2) is 114 Å². The quantitative estimate of drug-likeness (QED) is 0.0668. The molecule has 0 aliphatic rings. The van der Waals surface area contributed by atoms with Crippen LogP contribution in [0.4, 0.5) is 0 Å². The third-order valence-electron chi connectivity index (χ3n) is 4.19. The Kier molecular flexibility index (Phi) is 23.4. The molecule has 0 amide bonds. The van der Waals surface area contributed by atoms with E-state index in [1.54, 1.807) is 0 Å². The molecule has 0 fully saturated rings. The number of ether oxygens (including phenoxy) is 1. The van der Waals surface area contributed by atoms with Gasteiger partial charge in [0.15, 0.2) is 5.75 Å². The van der Waals surface area contributed by atoms with Crippen LogP contribution in [0.3, 0.4) is 0 Å². The summed E-state index contributed by atoms with van der Waals surface area (Å²) in [5, 5.41) is 70.8. The zero-order chi connectivity index (χ0) is 31.6. The minimum atomic E-state index is -4.64. The molecule has 39 heavy (non-hydrogen) atoms. The van der Waals surface area contributed by atoms with Crippen LogP contribution in [0.1, 0.15) is 0 Å². The fourth-order valence-electron chi connectivity index (χ4n) is 1.65. The number of aliphatic hydroxyl groups excluding tert-OH is 6. The number of carboxylic acids is 1. The molecule has 20 heteroatoms. The smallest absolute Gasteiger partial charge is 0.466 e. The summed E-state index contributed by atoms with van der Waals surface area (Å²) in [7, 11) is -4.64. The van der Waals surface area contributed by atoms with E-state index in [-0.39, 0.29) is 44.1 Å². The second-order valence-corrected chi connectivity index (χ2v) is 10.3. The van der Waals surface area contributed by atoms with Crippen molar-refractivity contribution in [1.82, 2.24) is 0 Å². The highest BCUT2D eigenvalue weighted by molar-refractivity contribution is 7.45. The average Bonchev–Trinajstić information content (AvgIpc) is 2.90. The lowest BCUT2D eigenvalue weighted by molar-refractivity contribution is -0.131. The SMILES string of the molecule is C=CC(=O)O.O=P(O)(O)O.OCC(CO)(CO)COCC(CO)(CO)CO.Oc1c(Cl)c(Cl)c(Cl)c(Cl)c1Cl. The normalized spacial score (nSPS) is 11.2. The van der Waals surface area contributed by atoms with Gasteiger partial charge in [-0.3, -0.25) is 0 Å². The van der Waals surface area contributed by atoms with Crippen molar-refractivity contribution < 1.29 is 69.6 Å². The summed E-state index contributed by atoms with van der Waals surface area (Å²) in [6, 6.07) is 0. The lowest BCUT2D eigenvalue weighted by atomic mass is 9.91. The maximum Gasteiger partial charge on any atom is 0.466 e. The molecule has 0 saturated carbocycles. The molecule has 0 spiro atoms. The minimum Gasteiger partial charge on any atom is -0.505 e. The molecule has 0 unspecified atom stereocenters. The Morgan fingerprint density at radius 3 is 1.10 bits per heavy atom. The van der Waals surface area contributed by atoms with Crippen LogP contribution in [-0.2, 0) is 14.1 Å². The summed E-state index contributed by atoms with van der Waals surface area (Å²) >= 11 is 27.9. The first-order valence-electron chi connectivity index (χ1n) is 9.88. The van der Waals surface area contributed by atoms with Crippen LogP contribution >= 0.6 is 65.8 Å². The number of phosphoric acid groups is 1. The van der Waals surface area contributed by atoms with Crippen LogP contribution in [0.2, 0.25) is 25.1 Å². The lowest BCUT2D eigenvalue weighted by Crippen LogP contribution is -2.43. The number of aromatic hydroxyl groups is 1. The van der Waals surface area contributed by atoms with Crippen LogP contribution < -0.4 is 0 Å². The summed E-state index contributed by atoms with van der Waals surface area (Å²) in [6.45, 7) is -0.0446. The minimum absolute atomic E-state index is 0.00904. The van der Waals surface area contributed by atoms with E-state index in [4.69, 9.17) is 118 Å². The van der Waals surface area contributed by atoms with Gasteiger partial charge < -0.3 is 60.3 Å². The summed E-state index contributed by atoms with van der Waals surface area (Å²) in [4.78, 5) is 30.8. The van der Waals surface area contributed by atoms with Crippen molar-refractivity contribution in [2.24, 2.45) is 10.8 Å². The second kappa shape index (κ2) is 21.2. The first kappa shape index (κ1) is 43.0. The molecule has 11 N–H and O–H groups in total. The molecule has 0 heterocycles. The molecule has 0 saturated heterocycles. The summed E-state index contributed by atoms with van der Waals surface area (Å²) < 4.78 is 14.0. The number of hydrogen-bond acceptors (Lipinski definition) is 10. The maximum absolute atomic E-state index is 9.25. The van der Waals surface area contributed by atoms with Gasteiger partial charge in [0.2, 0.25) is 0 Å². The highest BCUT2D eigenvalue weighted by atomic mass is 35.5. The van der Waals surface area contributed by atoms with Crippen LogP contribution in [0.5, 0.6) is 5.75 Å². The topological polar surface area (TPSA) is 266 Å². The predicted octanol–water partition coefficient (Wildman–Crippen LogP) is 0.917. The van der Waals surface area contributed by atoms with Crippen LogP contribution in [0, 0.1) is 10.8 Å². The number of aliphatic hydroxyl groups is 6. The molecule has 0 aliphatic heterocycles. The van der Waals surface area contributed by atoms with Crippen molar-refractivity contribution in [3.8, 4) is 5.75 Å². The van der Waals surface area contributed by atoms with Crippen molar-refractivity contribution in [1.29, 1.82) is 0 Å². The van der Waals surface area contributed by atoms with E-state index in [1.807, 2.05) is 0 Å². The number of rotatable bonds is 11. The molecular formula is C19H30Cl5O14P. The van der Waals surface area contributed by atoms with Crippen molar-refractivity contribution in [2.45, 2.75) is 0 Å². The van der Waals surface area contributed by atoms with Crippen molar-refractivity contribution in [2.75, 3.05) is 52.9 Å². The third kappa shape index (κ3) is 17.8.